The molecule has 7 nitrogen and oxygen atoms in total. The Morgan fingerprint density at radius 2 is 1.92 bits per heavy atom. The molecule has 1 aromatic heterocycles. The van der Waals surface area contributed by atoms with E-state index in [-0.39, 0.29) is 11.6 Å². The predicted octanol–water partition coefficient (Wildman–Crippen LogP) is 1.89. The van der Waals surface area contributed by atoms with Gasteiger partial charge in [0.2, 0.25) is 0 Å². The third kappa shape index (κ3) is 3.46. The van der Waals surface area contributed by atoms with Crippen LogP contribution in [0.25, 0.3) is 0 Å². The molecule has 24 heavy (non-hydrogen) atoms. The van der Waals surface area contributed by atoms with E-state index in [0.29, 0.717) is 18.7 Å². The Labute approximate surface area is 140 Å². The fourth-order valence-electron chi connectivity index (χ4n) is 2.93. The topological polar surface area (TPSA) is 71.6 Å². The number of rotatable bonds is 4. The van der Waals surface area contributed by atoms with E-state index in [0.717, 1.165) is 19.6 Å². The van der Waals surface area contributed by atoms with Gasteiger partial charge >= 0.3 is 0 Å². The van der Waals surface area contributed by atoms with E-state index < -0.39 is 4.92 Å². The zero-order chi connectivity index (χ0) is 17.1. The predicted molar refractivity (Wildman–Crippen MR) is 89.7 cm³/mol. The van der Waals surface area contributed by atoms with Crippen molar-refractivity contribution in [1.82, 2.24) is 14.4 Å². The van der Waals surface area contributed by atoms with Crippen LogP contribution >= 0.6 is 0 Å². The number of nitro benzene ring substituents is 1. The molecule has 7 heteroatoms. The first-order chi connectivity index (χ1) is 11.5. The standard InChI is InChI=1S/C17H20N4O3/c1-18-7-3-6-16(18)13-19-8-10-20(11-9-19)17(22)14-4-2-5-15(12-14)21(23)24/h2-7,12H,8-11,13H2,1H3. The van der Waals surface area contributed by atoms with Crippen LogP contribution in [-0.2, 0) is 13.6 Å². The summed E-state index contributed by atoms with van der Waals surface area (Å²) in [4.78, 5) is 27.0. The Balaban J connectivity index is 1.60. The maximum absolute atomic E-state index is 12.5. The van der Waals surface area contributed by atoms with Crippen molar-refractivity contribution in [2.24, 2.45) is 7.05 Å². The van der Waals surface area contributed by atoms with Crippen LogP contribution in [0.4, 0.5) is 5.69 Å². The summed E-state index contributed by atoms with van der Waals surface area (Å²) in [5.74, 6) is -0.141. The molecule has 1 aromatic carbocycles. The van der Waals surface area contributed by atoms with E-state index in [1.165, 1.54) is 17.8 Å². The van der Waals surface area contributed by atoms with Crippen molar-refractivity contribution in [3.63, 3.8) is 0 Å². The highest BCUT2D eigenvalue weighted by Crippen LogP contribution is 2.16. The molecule has 126 valence electrons. The van der Waals surface area contributed by atoms with Crippen LogP contribution in [0.3, 0.4) is 0 Å². The summed E-state index contributed by atoms with van der Waals surface area (Å²) in [6.45, 7) is 3.72. The fraction of sp³-hybridized carbons (Fsp3) is 0.353. The minimum Gasteiger partial charge on any atom is -0.353 e. The Kier molecular flexibility index (Phi) is 4.61. The lowest BCUT2D eigenvalue weighted by atomic mass is 10.1. The van der Waals surface area contributed by atoms with Crippen LogP contribution < -0.4 is 0 Å². The third-order valence-electron chi connectivity index (χ3n) is 4.40. The van der Waals surface area contributed by atoms with Crippen molar-refractivity contribution < 1.29 is 9.72 Å². The molecule has 0 N–H and O–H groups in total. The van der Waals surface area contributed by atoms with Crippen molar-refractivity contribution in [1.29, 1.82) is 0 Å². The molecule has 2 heterocycles. The summed E-state index contributed by atoms with van der Waals surface area (Å²) >= 11 is 0. The van der Waals surface area contributed by atoms with Crippen LogP contribution in [0.1, 0.15) is 16.1 Å². The third-order valence-corrected chi connectivity index (χ3v) is 4.40. The molecular weight excluding hydrogens is 308 g/mol. The number of hydrogen-bond donors (Lipinski definition) is 0. The SMILES string of the molecule is Cn1cccc1CN1CCN(C(=O)c2cccc([N+](=O)[O-])c2)CC1. The van der Waals surface area contributed by atoms with Crippen LogP contribution in [0.2, 0.25) is 0 Å². The number of piperazine rings is 1. The summed E-state index contributed by atoms with van der Waals surface area (Å²) in [6, 6.07) is 10.0. The smallest absolute Gasteiger partial charge is 0.270 e. The molecule has 0 radical (unpaired) electrons. The quantitative estimate of drug-likeness (QED) is 0.635. The van der Waals surface area contributed by atoms with Gasteiger partial charge in [-0.3, -0.25) is 19.8 Å². The minimum absolute atomic E-state index is 0.0526. The zero-order valence-corrected chi connectivity index (χ0v) is 13.6. The normalized spacial score (nSPS) is 15.5. The number of nitro groups is 1. The molecule has 0 aliphatic carbocycles. The van der Waals surface area contributed by atoms with Gasteiger partial charge in [0.05, 0.1) is 4.92 Å². The Hall–Kier alpha value is -2.67. The van der Waals surface area contributed by atoms with Crippen molar-refractivity contribution >= 4 is 11.6 Å². The van der Waals surface area contributed by atoms with Gasteiger partial charge in [-0.2, -0.15) is 0 Å². The molecule has 1 fully saturated rings. The van der Waals surface area contributed by atoms with E-state index in [1.54, 1.807) is 17.0 Å². The molecule has 0 bridgehead atoms. The van der Waals surface area contributed by atoms with Gasteiger partial charge in [-0.25, -0.2) is 0 Å². The van der Waals surface area contributed by atoms with Crippen molar-refractivity contribution in [3.8, 4) is 0 Å². The summed E-state index contributed by atoms with van der Waals surface area (Å²) in [5.41, 5.74) is 1.57. The van der Waals surface area contributed by atoms with E-state index in [1.807, 2.05) is 19.3 Å². The second kappa shape index (κ2) is 6.84. The number of nitrogens with zero attached hydrogens (tertiary/aromatic N) is 4. The molecular formula is C17H20N4O3. The molecule has 3 rings (SSSR count). The number of hydrogen-bond acceptors (Lipinski definition) is 4. The second-order valence-corrected chi connectivity index (χ2v) is 5.99. The molecule has 1 aliphatic heterocycles. The van der Waals surface area contributed by atoms with Crippen LogP contribution in [0.15, 0.2) is 42.6 Å². The second-order valence-electron chi connectivity index (χ2n) is 5.99. The summed E-state index contributed by atoms with van der Waals surface area (Å²) in [7, 11) is 2.03. The van der Waals surface area contributed by atoms with E-state index in [2.05, 4.69) is 15.5 Å². The monoisotopic (exact) mass is 328 g/mol. The Morgan fingerprint density at radius 1 is 1.17 bits per heavy atom. The van der Waals surface area contributed by atoms with Crippen LogP contribution in [-0.4, -0.2) is 51.4 Å². The van der Waals surface area contributed by atoms with E-state index in [4.69, 9.17) is 0 Å². The van der Waals surface area contributed by atoms with Gasteiger partial charge in [0, 0.05) is 69.4 Å². The Morgan fingerprint density at radius 3 is 2.54 bits per heavy atom. The lowest BCUT2D eigenvalue weighted by Crippen LogP contribution is -2.48. The minimum atomic E-state index is -0.478. The molecule has 1 saturated heterocycles. The van der Waals surface area contributed by atoms with E-state index in [9.17, 15) is 14.9 Å². The highest BCUT2D eigenvalue weighted by Gasteiger charge is 2.23. The van der Waals surface area contributed by atoms with Crippen LogP contribution in [0, 0.1) is 10.1 Å². The first-order valence-corrected chi connectivity index (χ1v) is 7.91. The molecule has 0 unspecified atom stereocenters. The number of aryl methyl sites for hydroxylation is 1. The number of benzene rings is 1. The summed E-state index contributed by atoms with van der Waals surface area (Å²) in [5, 5.41) is 10.8. The first-order valence-electron chi connectivity index (χ1n) is 7.91. The molecule has 1 amide bonds. The molecule has 0 spiro atoms. The first kappa shape index (κ1) is 16.2. The number of carbonyl (C=O) groups excluding carboxylic acids is 1. The van der Waals surface area contributed by atoms with Gasteiger partial charge < -0.3 is 9.47 Å². The number of aromatic nitrogens is 1. The molecule has 1 aliphatic rings. The van der Waals surface area contributed by atoms with Gasteiger partial charge in [0.15, 0.2) is 0 Å². The fourth-order valence-corrected chi connectivity index (χ4v) is 2.93. The Bertz CT molecular complexity index is 748. The highest BCUT2D eigenvalue weighted by atomic mass is 16.6. The summed E-state index contributed by atoms with van der Waals surface area (Å²) in [6.07, 6.45) is 2.03. The summed E-state index contributed by atoms with van der Waals surface area (Å²) < 4.78 is 2.10. The van der Waals surface area contributed by atoms with Gasteiger partial charge in [-0.1, -0.05) is 6.07 Å². The largest absolute Gasteiger partial charge is 0.353 e. The van der Waals surface area contributed by atoms with Crippen molar-refractivity contribution in [2.45, 2.75) is 6.54 Å². The zero-order valence-electron chi connectivity index (χ0n) is 13.6. The maximum Gasteiger partial charge on any atom is 0.270 e. The van der Waals surface area contributed by atoms with Crippen LogP contribution in [0.5, 0.6) is 0 Å². The highest BCUT2D eigenvalue weighted by molar-refractivity contribution is 5.94. The van der Waals surface area contributed by atoms with Crippen molar-refractivity contribution in [3.05, 3.63) is 64.0 Å². The lowest BCUT2D eigenvalue weighted by molar-refractivity contribution is -0.384. The average molecular weight is 328 g/mol. The van der Waals surface area contributed by atoms with Gasteiger partial charge in [-0.15, -0.1) is 0 Å². The maximum atomic E-state index is 12.5. The molecule has 0 saturated carbocycles. The number of amides is 1. The van der Waals surface area contributed by atoms with Gasteiger partial charge in [-0.05, 0) is 18.2 Å². The molecule has 2 aromatic rings. The van der Waals surface area contributed by atoms with Gasteiger partial charge in [0.1, 0.15) is 0 Å². The number of non-ortho nitro benzene ring substituents is 1. The van der Waals surface area contributed by atoms with Gasteiger partial charge in [0.25, 0.3) is 11.6 Å². The van der Waals surface area contributed by atoms with E-state index >= 15 is 0 Å². The van der Waals surface area contributed by atoms with Crippen molar-refractivity contribution in [2.75, 3.05) is 26.2 Å². The molecule has 0 atom stereocenters. The average Bonchev–Trinajstić information content (AvgIpc) is 3.00. The number of carbonyl (C=O) groups is 1. The lowest BCUT2D eigenvalue weighted by Gasteiger charge is -2.34.